The Morgan fingerprint density at radius 3 is 2.31 bits per heavy atom. The smallest absolute Gasteiger partial charge is 0.00104 e. The summed E-state index contributed by atoms with van der Waals surface area (Å²) >= 11 is 0. The molecule has 0 rings (SSSR count). The molecule has 0 heterocycles. The fourth-order valence-electron chi connectivity index (χ4n) is 1.14. The van der Waals surface area contributed by atoms with Crippen LogP contribution in [-0.4, -0.2) is 37.6 Å². The van der Waals surface area contributed by atoms with Gasteiger partial charge in [-0.2, -0.15) is 0 Å². The van der Waals surface area contributed by atoms with Gasteiger partial charge in [0.05, 0.1) is 0 Å². The van der Waals surface area contributed by atoms with Crippen molar-refractivity contribution in [3.63, 3.8) is 0 Å². The molecule has 0 saturated carbocycles. The Bertz CT molecular complexity index is 113. The molecule has 2 heteroatoms. The van der Waals surface area contributed by atoms with Gasteiger partial charge in [0.1, 0.15) is 0 Å². The lowest BCUT2D eigenvalue weighted by molar-refractivity contribution is 0.313. The number of hydrogen-bond donors (Lipinski definition) is 1. The Kier molecular flexibility index (Phi) is 7.29. The van der Waals surface area contributed by atoms with Crippen LogP contribution in [0.3, 0.4) is 0 Å². The summed E-state index contributed by atoms with van der Waals surface area (Å²) < 4.78 is 0. The number of rotatable bonds is 7. The van der Waals surface area contributed by atoms with Crippen LogP contribution in [-0.2, 0) is 0 Å². The zero-order chi connectivity index (χ0) is 10.3. The van der Waals surface area contributed by atoms with Gasteiger partial charge in [-0.1, -0.05) is 27.7 Å². The quantitative estimate of drug-likeness (QED) is 0.654. The normalized spacial score (nSPS) is 14.1. The summed E-state index contributed by atoms with van der Waals surface area (Å²) in [7, 11) is 2.18. The summed E-state index contributed by atoms with van der Waals surface area (Å²) in [5.74, 6) is 0.788. The van der Waals surface area contributed by atoms with E-state index in [-0.39, 0.29) is 0 Å². The van der Waals surface area contributed by atoms with E-state index >= 15 is 0 Å². The molecule has 0 radical (unpaired) electrons. The van der Waals surface area contributed by atoms with E-state index in [1.54, 1.807) is 0 Å². The molecule has 0 fully saturated rings. The van der Waals surface area contributed by atoms with E-state index in [0.29, 0.717) is 6.04 Å². The van der Waals surface area contributed by atoms with E-state index in [4.69, 9.17) is 0 Å². The van der Waals surface area contributed by atoms with Crippen LogP contribution in [0.2, 0.25) is 0 Å². The fourth-order valence-corrected chi connectivity index (χ4v) is 1.14. The van der Waals surface area contributed by atoms with Crippen LogP contribution in [0.15, 0.2) is 0 Å². The second-order valence-corrected chi connectivity index (χ2v) is 4.35. The molecule has 0 amide bonds. The fraction of sp³-hybridized carbons (Fsp3) is 1.00. The van der Waals surface area contributed by atoms with Crippen molar-refractivity contribution in [2.75, 3.05) is 26.7 Å². The topological polar surface area (TPSA) is 15.3 Å². The molecule has 0 aliphatic heterocycles. The summed E-state index contributed by atoms with van der Waals surface area (Å²) in [5, 5.41) is 3.47. The van der Waals surface area contributed by atoms with Crippen LogP contribution in [0.4, 0.5) is 0 Å². The van der Waals surface area contributed by atoms with Crippen LogP contribution < -0.4 is 5.32 Å². The number of nitrogens with zero attached hydrogens (tertiary/aromatic N) is 1. The first-order valence-corrected chi connectivity index (χ1v) is 5.48. The van der Waals surface area contributed by atoms with Crippen molar-refractivity contribution in [2.24, 2.45) is 5.92 Å². The van der Waals surface area contributed by atoms with Gasteiger partial charge in [-0.05, 0) is 39.0 Å². The lowest BCUT2D eigenvalue weighted by Crippen LogP contribution is -2.30. The summed E-state index contributed by atoms with van der Waals surface area (Å²) in [6.07, 6.45) is 1.30. The summed E-state index contributed by atoms with van der Waals surface area (Å²) in [6.45, 7) is 12.4. The average molecular weight is 186 g/mol. The molecule has 0 aromatic carbocycles. The highest BCUT2D eigenvalue weighted by Crippen LogP contribution is 2.01. The van der Waals surface area contributed by atoms with Gasteiger partial charge in [0, 0.05) is 6.04 Å². The Balaban J connectivity index is 3.34. The maximum absolute atomic E-state index is 3.47. The van der Waals surface area contributed by atoms with Crippen molar-refractivity contribution in [3.8, 4) is 0 Å². The highest BCUT2D eigenvalue weighted by atomic mass is 15.1. The molecule has 1 unspecified atom stereocenters. The minimum atomic E-state index is 0.617. The number of nitrogens with one attached hydrogen (secondary N) is 1. The first-order chi connectivity index (χ1) is 6.06. The highest BCUT2D eigenvalue weighted by Gasteiger charge is 2.03. The maximum Gasteiger partial charge on any atom is 0.00104 e. The van der Waals surface area contributed by atoms with Crippen LogP contribution in [0.5, 0.6) is 0 Å². The molecule has 13 heavy (non-hydrogen) atoms. The molecule has 0 aliphatic carbocycles. The minimum Gasteiger partial charge on any atom is -0.314 e. The maximum atomic E-state index is 3.47. The standard InChI is InChI=1S/C11H26N2/c1-6-13(5)8-7-11(4)9-12-10(2)3/h10-12H,6-9H2,1-5H3. The Morgan fingerprint density at radius 2 is 1.85 bits per heavy atom. The van der Waals surface area contributed by atoms with Crippen molar-refractivity contribution in [1.82, 2.24) is 10.2 Å². The second-order valence-electron chi connectivity index (χ2n) is 4.35. The predicted octanol–water partition coefficient (Wildman–Crippen LogP) is 1.96. The van der Waals surface area contributed by atoms with E-state index in [1.165, 1.54) is 13.0 Å². The monoisotopic (exact) mass is 186 g/mol. The molecule has 0 spiro atoms. The third-order valence-corrected chi connectivity index (χ3v) is 2.42. The van der Waals surface area contributed by atoms with E-state index in [1.807, 2.05) is 0 Å². The lowest BCUT2D eigenvalue weighted by Gasteiger charge is -2.18. The SMILES string of the molecule is CCN(C)CCC(C)CNC(C)C. The minimum absolute atomic E-state index is 0.617. The molecule has 0 aromatic rings. The largest absolute Gasteiger partial charge is 0.314 e. The van der Waals surface area contributed by atoms with Crippen LogP contribution >= 0.6 is 0 Å². The molecular formula is C11H26N2. The summed E-state index contributed by atoms with van der Waals surface area (Å²) in [6, 6.07) is 0.617. The van der Waals surface area contributed by atoms with Crippen molar-refractivity contribution in [3.05, 3.63) is 0 Å². The molecule has 0 bridgehead atoms. The van der Waals surface area contributed by atoms with Gasteiger partial charge in [-0.15, -0.1) is 0 Å². The second kappa shape index (κ2) is 7.34. The van der Waals surface area contributed by atoms with Gasteiger partial charge in [0.25, 0.3) is 0 Å². The zero-order valence-electron chi connectivity index (χ0n) is 9.93. The van der Waals surface area contributed by atoms with Gasteiger partial charge in [-0.25, -0.2) is 0 Å². The van der Waals surface area contributed by atoms with E-state index in [0.717, 1.165) is 19.0 Å². The molecule has 80 valence electrons. The number of hydrogen-bond acceptors (Lipinski definition) is 2. The molecule has 2 nitrogen and oxygen atoms in total. The van der Waals surface area contributed by atoms with Crippen molar-refractivity contribution < 1.29 is 0 Å². The third kappa shape index (κ3) is 8.26. The molecule has 1 N–H and O–H groups in total. The zero-order valence-corrected chi connectivity index (χ0v) is 9.93. The van der Waals surface area contributed by atoms with Crippen LogP contribution in [0.25, 0.3) is 0 Å². The highest BCUT2D eigenvalue weighted by molar-refractivity contribution is 4.61. The molecular weight excluding hydrogens is 160 g/mol. The summed E-state index contributed by atoms with van der Waals surface area (Å²) in [5.41, 5.74) is 0. The van der Waals surface area contributed by atoms with Crippen LogP contribution in [0, 0.1) is 5.92 Å². The average Bonchev–Trinajstić information content (AvgIpc) is 2.10. The first-order valence-electron chi connectivity index (χ1n) is 5.48. The van der Waals surface area contributed by atoms with Crippen molar-refractivity contribution >= 4 is 0 Å². The Labute approximate surface area is 83.7 Å². The molecule has 1 atom stereocenters. The van der Waals surface area contributed by atoms with E-state index in [9.17, 15) is 0 Å². The van der Waals surface area contributed by atoms with Gasteiger partial charge in [0.2, 0.25) is 0 Å². The Hall–Kier alpha value is -0.0800. The van der Waals surface area contributed by atoms with Crippen LogP contribution in [0.1, 0.15) is 34.1 Å². The third-order valence-electron chi connectivity index (χ3n) is 2.42. The molecule has 0 aromatic heterocycles. The Morgan fingerprint density at radius 1 is 1.23 bits per heavy atom. The first kappa shape index (κ1) is 12.9. The summed E-state index contributed by atoms with van der Waals surface area (Å²) in [4.78, 5) is 2.37. The van der Waals surface area contributed by atoms with E-state index in [2.05, 4.69) is 45.0 Å². The van der Waals surface area contributed by atoms with Crippen molar-refractivity contribution in [1.29, 1.82) is 0 Å². The lowest BCUT2D eigenvalue weighted by atomic mass is 10.1. The molecule has 0 aliphatic rings. The van der Waals surface area contributed by atoms with Gasteiger partial charge in [-0.3, -0.25) is 0 Å². The van der Waals surface area contributed by atoms with Gasteiger partial charge in [0.15, 0.2) is 0 Å². The molecule has 0 saturated heterocycles. The van der Waals surface area contributed by atoms with Gasteiger partial charge >= 0.3 is 0 Å². The predicted molar refractivity (Wildman–Crippen MR) is 60.1 cm³/mol. The van der Waals surface area contributed by atoms with Gasteiger partial charge < -0.3 is 10.2 Å². The van der Waals surface area contributed by atoms with Crippen molar-refractivity contribution in [2.45, 2.75) is 40.2 Å². The van der Waals surface area contributed by atoms with E-state index < -0.39 is 0 Å².